The van der Waals surface area contributed by atoms with Crippen LogP contribution in [0.1, 0.15) is 27.9 Å². The first kappa shape index (κ1) is 15.8. The summed E-state index contributed by atoms with van der Waals surface area (Å²) in [6.45, 7) is 4.32. The van der Waals surface area contributed by atoms with Crippen molar-refractivity contribution in [2.45, 2.75) is 32.4 Å². The molecule has 2 aliphatic rings. The molecular weight excluding hydrogens is 316 g/mol. The Bertz CT molecular complexity index is 891. The van der Waals surface area contributed by atoms with Gasteiger partial charge >= 0.3 is 0 Å². The van der Waals surface area contributed by atoms with Gasteiger partial charge < -0.3 is 15.3 Å². The fourth-order valence-corrected chi connectivity index (χ4v) is 3.72. The third-order valence-electron chi connectivity index (χ3n) is 5.27. The summed E-state index contributed by atoms with van der Waals surface area (Å²) in [6, 6.07) is 11.1. The van der Waals surface area contributed by atoms with Crippen LogP contribution in [0.15, 0.2) is 36.4 Å². The molecule has 2 heterocycles. The van der Waals surface area contributed by atoms with Crippen LogP contribution in [0, 0.1) is 13.8 Å². The Balaban J connectivity index is 1.82. The molecular formula is C20H20N2O3. The van der Waals surface area contributed by atoms with Gasteiger partial charge in [-0.15, -0.1) is 0 Å². The van der Waals surface area contributed by atoms with Crippen molar-refractivity contribution in [2.24, 2.45) is 0 Å². The highest BCUT2D eigenvalue weighted by atomic mass is 16.3. The van der Waals surface area contributed by atoms with E-state index in [-0.39, 0.29) is 24.8 Å². The molecule has 5 nitrogen and oxygen atoms in total. The van der Waals surface area contributed by atoms with Gasteiger partial charge in [0.2, 0.25) is 5.91 Å². The Labute approximate surface area is 146 Å². The molecule has 0 unspecified atom stereocenters. The van der Waals surface area contributed by atoms with Crippen molar-refractivity contribution in [1.29, 1.82) is 0 Å². The summed E-state index contributed by atoms with van der Waals surface area (Å²) < 4.78 is 0. The van der Waals surface area contributed by atoms with Crippen LogP contribution in [-0.4, -0.2) is 40.5 Å². The van der Waals surface area contributed by atoms with Gasteiger partial charge in [0.15, 0.2) is 0 Å². The largest absolute Gasteiger partial charge is 0.391 e. The minimum atomic E-state index is -0.650. The average molecular weight is 336 g/mol. The van der Waals surface area contributed by atoms with Gasteiger partial charge in [-0.1, -0.05) is 24.3 Å². The summed E-state index contributed by atoms with van der Waals surface area (Å²) in [5, 5.41) is 12.7. The molecule has 1 fully saturated rings. The smallest absolute Gasteiger partial charge is 0.256 e. The number of aliphatic hydroxyl groups excluding tert-OH is 1. The number of anilines is 1. The highest BCUT2D eigenvalue weighted by Crippen LogP contribution is 2.33. The van der Waals surface area contributed by atoms with Gasteiger partial charge in [0.05, 0.1) is 17.4 Å². The van der Waals surface area contributed by atoms with E-state index in [1.807, 2.05) is 24.3 Å². The van der Waals surface area contributed by atoms with E-state index in [9.17, 15) is 14.7 Å². The normalized spacial score (nSPS) is 22.3. The molecule has 2 aliphatic heterocycles. The van der Waals surface area contributed by atoms with Crippen molar-refractivity contribution in [3.05, 3.63) is 53.1 Å². The highest BCUT2D eigenvalue weighted by molar-refractivity contribution is 6.10. The molecule has 0 aromatic heterocycles. The van der Waals surface area contributed by atoms with Gasteiger partial charge in [-0.25, -0.2) is 0 Å². The Kier molecular flexibility index (Phi) is 3.62. The van der Waals surface area contributed by atoms with Crippen LogP contribution in [-0.2, 0) is 4.79 Å². The molecule has 1 saturated heterocycles. The van der Waals surface area contributed by atoms with Crippen molar-refractivity contribution >= 4 is 17.5 Å². The molecule has 2 atom stereocenters. The van der Waals surface area contributed by atoms with Crippen molar-refractivity contribution in [3.63, 3.8) is 0 Å². The van der Waals surface area contributed by atoms with Crippen molar-refractivity contribution < 1.29 is 14.7 Å². The topological polar surface area (TPSA) is 69.6 Å². The Hall–Kier alpha value is -2.66. The standard InChI is InChI=1S/C20H20N2O3/c1-11-4-3-5-15(12(11)2)13-6-7-17-16(8-13)20(25)22-10-14(23)9-18(22)19(24)21-17/h3-8,14,18,23H,9-10H2,1-2H3,(H,21,24)/t14-,18+/m1/s1. The van der Waals surface area contributed by atoms with Gasteiger partial charge in [-0.2, -0.15) is 0 Å². The molecule has 128 valence electrons. The number of fused-ring (bicyclic) bond motifs is 2. The molecule has 2 aromatic rings. The summed E-state index contributed by atoms with van der Waals surface area (Å²) >= 11 is 0. The number of carbonyl (C=O) groups is 2. The molecule has 2 amide bonds. The summed E-state index contributed by atoms with van der Waals surface area (Å²) in [4.78, 5) is 26.8. The third-order valence-corrected chi connectivity index (χ3v) is 5.27. The molecule has 25 heavy (non-hydrogen) atoms. The zero-order valence-electron chi connectivity index (χ0n) is 14.2. The molecule has 0 bridgehead atoms. The Morgan fingerprint density at radius 1 is 1.12 bits per heavy atom. The first-order valence-electron chi connectivity index (χ1n) is 8.46. The lowest BCUT2D eigenvalue weighted by molar-refractivity contribution is -0.119. The fraction of sp³-hybridized carbons (Fsp3) is 0.300. The lowest BCUT2D eigenvalue weighted by Crippen LogP contribution is -2.40. The molecule has 5 heteroatoms. The summed E-state index contributed by atoms with van der Waals surface area (Å²) in [6.07, 6.45) is -0.362. The fourth-order valence-electron chi connectivity index (χ4n) is 3.72. The lowest BCUT2D eigenvalue weighted by Gasteiger charge is -2.19. The van der Waals surface area contributed by atoms with Crippen LogP contribution in [0.3, 0.4) is 0 Å². The number of benzene rings is 2. The molecule has 0 spiro atoms. The van der Waals surface area contributed by atoms with Gasteiger partial charge in [0, 0.05) is 13.0 Å². The number of aryl methyl sites for hydroxylation is 1. The van der Waals surface area contributed by atoms with Crippen LogP contribution in [0.2, 0.25) is 0 Å². The quantitative estimate of drug-likeness (QED) is 0.841. The Morgan fingerprint density at radius 3 is 2.72 bits per heavy atom. The minimum Gasteiger partial charge on any atom is -0.391 e. The van der Waals surface area contributed by atoms with E-state index in [0.29, 0.717) is 11.3 Å². The zero-order chi connectivity index (χ0) is 17.7. The van der Waals surface area contributed by atoms with Gasteiger partial charge in [0.25, 0.3) is 5.91 Å². The molecule has 2 N–H and O–H groups in total. The van der Waals surface area contributed by atoms with Gasteiger partial charge in [0.1, 0.15) is 6.04 Å². The van der Waals surface area contributed by atoms with E-state index >= 15 is 0 Å². The predicted molar refractivity (Wildman–Crippen MR) is 95.4 cm³/mol. The maximum atomic E-state index is 13.0. The monoisotopic (exact) mass is 336 g/mol. The van der Waals surface area contributed by atoms with Crippen molar-refractivity contribution in [3.8, 4) is 11.1 Å². The van der Waals surface area contributed by atoms with E-state index in [2.05, 4.69) is 25.2 Å². The lowest BCUT2D eigenvalue weighted by atomic mass is 9.95. The van der Waals surface area contributed by atoms with E-state index in [1.165, 1.54) is 16.0 Å². The van der Waals surface area contributed by atoms with Crippen LogP contribution in [0.4, 0.5) is 5.69 Å². The number of nitrogens with zero attached hydrogens (tertiary/aromatic N) is 1. The second-order valence-electron chi connectivity index (χ2n) is 6.86. The van der Waals surface area contributed by atoms with Gasteiger partial charge in [-0.05, 0) is 48.2 Å². The minimum absolute atomic E-state index is 0.198. The highest BCUT2D eigenvalue weighted by Gasteiger charge is 2.42. The third kappa shape index (κ3) is 2.51. The number of hydrogen-bond acceptors (Lipinski definition) is 3. The first-order chi connectivity index (χ1) is 12.0. The maximum Gasteiger partial charge on any atom is 0.256 e. The maximum absolute atomic E-state index is 13.0. The van der Waals surface area contributed by atoms with Crippen LogP contribution in [0.5, 0.6) is 0 Å². The zero-order valence-corrected chi connectivity index (χ0v) is 14.2. The molecule has 0 aliphatic carbocycles. The van der Waals surface area contributed by atoms with Crippen LogP contribution < -0.4 is 5.32 Å². The van der Waals surface area contributed by atoms with Crippen LogP contribution >= 0.6 is 0 Å². The second kappa shape index (κ2) is 5.70. The number of rotatable bonds is 1. The molecule has 4 rings (SSSR count). The van der Waals surface area contributed by atoms with Crippen LogP contribution in [0.25, 0.3) is 11.1 Å². The average Bonchev–Trinajstić information content (AvgIpc) is 2.95. The van der Waals surface area contributed by atoms with E-state index in [0.717, 1.165) is 11.1 Å². The second-order valence-corrected chi connectivity index (χ2v) is 6.86. The number of amides is 2. The molecule has 2 aromatic carbocycles. The van der Waals surface area contributed by atoms with Crippen molar-refractivity contribution in [2.75, 3.05) is 11.9 Å². The Morgan fingerprint density at radius 2 is 1.92 bits per heavy atom. The summed E-state index contributed by atoms with van der Waals surface area (Å²) in [5.74, 6) is -0.440. The summed E-state index contributed by atoms with van der Waals surface area (Å²) in [7, 11) is 0. The van der Waals surface area contributed by atoms with Crippen molar-refractivity contribution in [1.82, 2.24) is 4.90 Å². The molecule has 0 saturated carbocycles. The SMILES string of the molecule is Cc1cccc(-c2ccc3c(c2)C(=O)N2C[C@H](O)C[C@H]2C(=O)N3)c1C. The van der Waals surface area contributed by atoms with E-state index in [1.54, 1.807) is 6.07 Å². The predicted octanol–water partition coefficient (Wildman–Crippen LogP) is 2.50. The summed E-state index contributed by atoms with van der Waals surface area (Å²) in [5.41, 5.74) is 5.39. The number of hydrogen-bond donors (Lipinski definition) is 2. The first-order valence-corrected chi connectivity index (χ1v) is 8.46. The molecule has 0 radical (unpaired) electrons. The number of carbonyl (C=O) groups excluding carboxylic acids is 2. The number of aliphatic hydroxyl groups is 1. The van der Waals surface area contributed by atoms with E-state index < -0.39 is 12.1 Å². The number of nitrogens with one attached hydrogen (secondary N) is 1. The van der Waals surface area contributed by atoms with Gasteiger partial charge in [-0.3, -0.25) is 9.59 Å². The van der Waals surface area contributed by atoms with E-state index in [4.69, 9.17) is 0 Å².